The third-order valence-electron chi connectivity index (χ3n) is 4.08. The lowest BCUT2D eigenvalue weighted by Crippen LogP contribution is -2.41. The van der Waals surface area contributed by atoms with Gasteiger partial charge in [-0.15, -0.1) is 0 Å². The first-order chi connectivity index (χ1) is 10.8. The molecule has 0 spiro atoms. The molecule has 22 heavy (non-hydrogen) atoms. The Hall–Kier alpha value is -1.70. The van der Waals surface area contributed by atoms with Crippen LogP contribution < -0.4 is 0 Å². The molecule has 0 atom stereocenters. The maximum Gasteiger partial charge on any atom is 0.256 e. The zero-order chi connectivity index (χ0) is 16.4. The number of allylic oxidation sites excluding steroid dienone is 2. The van der Waals surface area contributed by atoms with Gasteiger partial charge in [0.15, 0.2) is 0 Å². The highest BCUT2D eigenvalue weighted by molar-refractivity contribution is 6.02. The maximum atomic E-state index is 12.5. The topological polar surface area (TPSA) is 29.4 Å². The molecule has 0 aromatic heterocycles. The minimum absolute atomic E-state index is 0.0682. The number of aliphatic imine (C=N–C) groups is 1. The SMILES string of the molecule is CC.CC.O=C(N=C1CC=CC1)C1(c2ccccc2)CCC1. The van der Waals surface area contributed by atoms with Crippen LogP contribution in [0.5, 0.6) is 0 Å². The summed E-state index contributed by atoms with van der Waals surface area (Å²) >= 11 is 0. The van der Waals surface area contributed by atoms with Crippen LogP contribution in [0.3, 0.4) is 0 Å². The molecule has 0 bridgehead atoms. The van der Waals surface area contributed by atoms with Gasteiger partial charge in [0.2, 0.25) is 0 Å². The van der Waals surface area contributed by atoms with Gasteiger partial charge in [0.25, 0.3) is 5.91 Å². The number of amides is 1. The molecule has 0 aliphatic heterocycles. The first-order valence-electron chi connectivity index (χ1n) is 8.63. The molecule has 2 heteroatoms. The average Bonchev–Trinajstić information content (AvgIpc) is 3.04. The van der Waals surface area contributed by atoms with Crippen molar-refractivity contribution in [3.63, 3.8) is 0 Å². The van der Waals surface area contributed by atoms with Crippen molar-refractivity contribution < 1.29 is 4.79 Å². The van der Waals surface area contributed by atoms with Crippen molar-refractivity contribution in [1.82, 2.24) is 0 Å². The summed E-state index contributed by atoms with van der Waals surface area (Å²) in [6.07, 6.45) is 8.88. The molecule has 2 nitrogen and oxygen atoms in total. The van der Waals surface area contributed by atoms with Crippen molar-refractivity contribution in [3.05, 3.63) is 48.0 Å². The van der Waals surface area contributed by atoms with Crippen LogP contribution in [0, 0.1) is 0 Å². The standard InChI is InChI=1S/C16H17NO.2C2H6/c18-15(17-14-9-4-5-10-14)16(11-6-12-16)13-7-2-1-3-8-13;2*1-2/h1-5,7-8H,6,9-12H2;2*1-2H3. The number of carbonyl (C=O) groups excluding carboxylic acids is 1. The quantitative estimate of drug-likeness (QED) is 0.665. The summed E-state index contributed by atoms with van der Waals surface area (Å²) in [5.41, 5.74) is 1.83. The van der Waals surface area contributed by atoms with Gasteiger partial charge in [-0.2, -0.15) is 0 Å². The fourth-order valence-corrected chi connectivity index (χ4v) is 2.78. The average molecular weight is 299 g/mol. The van der Waals surface area contributed by atoms with E-state index in [0.29, 0.717) is 0 Å². The summed E-state index contributed by atoms with van der Waals surface area (Å²) in [6.45, 7) is 8.00. The van der Waals surface area contributed by atoms with Crippen LogP contribution >= 0.6 is 0 Å². The zero-order valence-electron chi connectivity index (χ0n) is 14.4. The molecule has 1 aromatic carbocycles. The summed E-state index contributed by atoms with van der Waals surface area (Å²) in [4.78, 5) is 16.9. The van der Waals surface area contributed by atoms with Crippen molar-refractivity contribution in [2.45, 2.75) is 65.2 Å². The van der Waals surface area contributed by atoms with E-state index in [4.69, 9.17) is 0 Å². The van der Waals surface area contributed by atoms with Crippen molar-refractivity contribution in [2.75, 3.05) is 0 Å². The van der Waals surface area contributed by atoms with E-state index in [1.807, 2.05) is 45.9 Å². The lowest BCUT2D eigenvalue weighted by molar-refractivity contribution is -0.126. The molecule has 1 aromatic rings. The molecular weight excluding hydrogens is 270 g/mol. The number of hydrogen-bond donors (Lipinski definition) is 0. The summed E-state index contributed by atoms with van der Waals surface area (Å²) in [5.74, 6) is 0.0682. The van der Waals surface area contributed by atoms with Crippen molar-refractivity contribution >= 4 is 11.6 Å². The third kappa shape index (κ3) is 3.94. The van der Waals surface area contributed by atoms with E-state index in [-0.39, 0.29) is 11.3 Å². The molecule has 0 saturated heterocycles. The monoisotopic (exact) mass is 299 g/mol. The Balaban J connectivity index is 0.000000561. The first kappa shape index (κ1) is 18.3. The van der Waals surface area contributed by atoms with Gasteiger partial charge in [0, 0.05) is 18.6 Å². The third-order valence-corrected chi connectivity index (χ3v) is 4.08. The van der Waals surface area contributed by atoms with Crippen LogP contribution in [0.4, 0.5) is 0 Å². The second kappa shape index (κ2) is 9.34. The Labute approximate surface area is 135 Å². The Bertz CT molecular complexity index is 500. The molecule has 0 heterocycles. The maximum absolute atomic E-state index is 12.5. The molecule has 120 valence electrons. The van der Waals surface area contributed by atoms with E-state index in [1.165, 1.54) is 0 Å². The van der Waals surface area contributed by atoms with Crippen LogP contribution in [0.1, 0.15) is 65.4 Å². The minimum atomic E-state index is -0.323. The number of nitrogens with zero attached hydrogens (tertiary/aromatic N) is 1. The highest BCUT2D eigenvalue weighted by Gasteiger charge is 2.45. The van der Waals surface area contributed by atoms with E-state index in [0.717, 1.165) is 43.4 Å². The van der Waals surface area contributed by atoms with Gasteiger partial charge >= 0.3 is 0 Å². The molecule has 1 fully saturated rings. The predicted octanol–water partition coefficient (Wildman–Crippen LogP) is 5.48. The Morgan fingerprint density at radius 2 is 1.50 bits per heavy atom. The fourth-order valence-electron chi connectivity index (χ4n) is 2.78. The Kier molecular flexibility index (Phi) is 7.79. The summed E-state index contributed by atoms with van der Waals surface area (Å²) in [6, 6.07) is 10.1. The summed E-state index contributed by atoms with van der Waals surface area (Å²) in [7, 11) is 0. The van der Waals surface area contributed by atoms with E-state index in [1.54, 1.807) is 0 Å². The lowest BCUT2D eigenvalue weighted by atomic mass is 9.64. The van der Waals surface area contributed by atoms with Crippen molar-refractivity contribution in [1.29, 1.82) is 0 Å². The van der Waals surface area contributed by atoms with Crippen LogP contribution in [0.15, 0.2) is 47.5 Å². The Morgan fingerprint density at radius 3 is 1.95 bits per heavy atom. The lowest BCUT2D eigenvalue weighted by Gasteiger charge is -2.39. The predicted molar refractivity (Wildman–Crippen MR) is 95.5 cm³/mol. The first-order valence-corrected chi connectivity index (χ1v) is 8.63. The van der Waals surface area contributed by atoms with Crippen LogP contribution in [-0.4, -0.2) is 11.6 Å². The summed E-state index contributed by atoms with van der Waals surface area (Å²) in [5, 5.41) is 0. The molecule has 0 unspecified atom stereocenters. The van der Waals surface area contributed by atoms with Gasteiger partial charge in [-0.3, -0.25) is 4.79 Å². The largest absolute Gasteiger partial charge is 0.272 e. The number of carbonyl (C=O) groups is 1. The molecule has 1 amide bonds. The van der Waals surface area contributed by atoms with Gasteiger partial charge in [0.1, 0.15) is 0 Å². The van der Waals surface area contributed by atoms with Crippen molar-refractivity contribution in [3.8, 4) is 0 Å². The molecule has 0 radical (unpaired) electrons. The molecular formula is C20H29NO. The molecule has 1 saturated carbocycles. The minimum Gasteiger partial charge on any atom is -0.272 e. The summed E-state index contributed by atoms with van der Waals surface area (Å²) < 4.78 is 0. The fraction of sp³-hybridized carbons (Fsp3) is 0.500. The smallest absolute Gasteiger partial charge is 0.256 e. The normalized spacial score (nSPS) is 17.4. The number of rotatable bonds is 2. The van der Waals surface area contributed by atoms with E-state index < -0.39 is 0 Å². The Morgan fingerprint density at radius 1 is 0.955 bits per heavy atom. The van der Waals surface area contributed by atoms with Crippen LogP contribution in [0.25, 0.3) is 0 Å². The van der Waals surface area contributed by atoms with E-state index in [9.17, 15) is 4.79 Å². The van der Waals surface area contributed by atoms with Gasteiger partial charge in [-0.25, -0.2) is 4.99 Å². The highest BCUT2D eigenvalue weighted by Crippen LogP contribution is 2.44. The number of hydrogen-bond acceptors (Lipinski definition) is 1. The van der Waals surface area contributed by atoms with Crippen LogP contribution in [-0.2, 0) is 10.2 Å². The van der Waals surface area contributed by atoms with Crippen LogP contribution in [0.2, 0.25) is 0 Å². The van der Waals surface area contributed by atoms with Gasteiger partial charge in [-0.05, 0) is 18.4 Å². The van der Waals surface area contributed by atoms with E-state index >= 15 is 0 Å². The van der Waals surface area contributed by atoms with Crippen molar-refractivity contribution in [2.24, 2.45) is 4.99 Å². The molecule has 2 aliphatic carbocycles. The molecule has 3 rings (SSSR count). The number of benzene rings is 1. The van der Waals surface area contributed by atoms with Gasteiger partial charge in [0.05, 0.1) is 5.41 Å². The van der Waals surface area contributed by atoms with Gasteiger partial charge in [-0.1, -0.05) is 76.6 Å². The highest BCUT2D eigenvalue weighted by atomic mass is 16.1. The molecule has 2 aliphatic rings. The zero-order valence-corrected chi connectivity index (χ0v) is 14.4. The van der Waals surface area contributed by atoms with E-state index in [2.05, 4.69) is 29.3 Å². The second-order valence-electron chi connectivity index (χ2n) is 5.16. The molecule has 0 N–H and O–H groups in total. The van der Waals surface area contributed by atoms with Gasteiger partial charge < -0.3 is 0 Å². The second-order valence-corrected chi connectivity index (χ2v) is 5.16.